The highest BCUT2D eigenvalue weighted by Gasteiger charge is 2.19. The summed E-state index contributed by atoms with van der Waals surface area (Å²) >= 11 is 0. The van der Waals surface area contributed by atoms with Crippen LogP contribution in [0.4, 0.5) is 0 Å². The molecule has 0 aromatic carbocycles. The second-order valence-corrected chi connectivity index (χ2v) is 4.02. The first-order valence-electron chi connectivity index (χ1n) is 6.06. The number of hydrogen-bond acceptors (Lipinski definition) is 2. The molecule has 1 fully saturated rings. The molecule has 1 rings (SSSR count). The molecule has 1 aliphatic rings. The number of morpholine rings is 1. The molecule has 0 spiro atoms. The molecule has 2 heteroatoms. The normalized spacial score (nSPS) is 23.1. The van der Waals surface area contributed by atoms with E-state index >= 15 is 0 Å². The van der Waals surface area contributed by atoms with Crippen molar-refractivity contribution >= 4 is 0 Å². The van der Waals surface area contributed by atoms with Crippen molar-refractivity contribution in [1.29, 1.82) is 0 Å². The van der Waals surface area contributed by atoms with Crippen molar-refractivity contribution in [1.82, 2.24) is 4.90 Å². The fraction of sp³-hybridized carbons (Fsp3) is 1.00. The maximum absolute atomic E-state index is 5.68. The average molecular weight is 201 g/mol. The molecule has 0 aliphatic carbocycles. The summed E-state index contributed by atoms with van der Waals surface area (Å²) in [5.41, 5.74) is 0. The van der Waals surface area contributed by atoms with Gasteiger partial charge in [-0.1, -0.05) is 34.6 Å². The second kappa shape index (κ2) is 8.25. The molecule has 1 heterocycles. The smallest absolute Gasteiger partial charge is 0.0705 e. The fourth-order valence-electron chi connectivity index (χ4n) is 1.74. The summed E-state index contributed by atoms with van der Waals surface area (Å²) in [4.78, 5) is 2.47. The maximum atomic E-state index is 5.68. The monoisotopic (exact) mass is 201 g/mol. The molecule has 1 saturated heterocycles. The van der Waals surface area contributed by atoms with Crippen molar-refractivity contribution in [3.8, 4) is 0 Å². The van der Waals surface area contributed by atoms with Gasteiger partial charge in [0.1, 0.15) is 0 Å². The number of nitrogens with zero attached hydrogens (tertiary/aromatic N) is 1. The number of rotatable bonds is 3. The molecular formula is C12H27NO. The highest BCUT2D eigenvalue weighted by Crippen LogP contribution is 2.13. The Hall–Kier alpha value is -0.0800. The van der Waals surface area contributed by atoms with Crippen LogP contribution in [-0.4, -0.2) is 37.2 Å². The minimum atomic E-state index is 0.485. The summed E-state index contributed by atoms with van der Waals surface area (Å²) in [5.74, 6) is 0.756. The summed E-state index contributed by atoms with van der Waals surface area (Å²) in [5, 5.41) is 0. The van der Waals surface area contributed by atoms with Gasteiger partial charge in [-0.3, -0.25) is 4.90 Å². The SMILES string of the molecule is CC.CCN1CCOC(CC(C)C)C1. The first kappa shape index (κ1) is 13.9. The van der Waals surface area contributed by atoms with Crippen LogP contribution < -0.4 is 0 Å². The van der Waals surface area contributed by atoms with Gasteiger partial charge in [0.15, 0.2) is 0 Å². The van der Waals surface area contributed by atoms with E-state index < -0.39 is 0 Å². The standard InChI is InChI=1S/C10H21NO.C2H6/c1-4-11-5-6-12-10(8-11)7-9(2)3;1-2/h9-10H,4-8H2,1-3H3;1-2H3. The van der Waals surface area contributed by atoms with E-state index in [1.807, 2.05) is 13.8 Å². The zero-order valence-corrected chi connectivity index (χ0v) is 10.5. The van der Waals surface area contributed by atoms with Gasteiger partial charge < -0.3 is 4.74 Å². The summed E-state index contributed by atoms with van der Waals surface area (Å²) in [6, 6.07) is 0. The molecule has 1 atom stereocenters. The summed E-state index contributed by atoms with van der Waals surface area (Å²) < 4.78 is 5.68. The Balaban J connectivity index is 0.000000791. The molecule has 1 unspecified atom stereocenters. The van der Waals surface area contributed by atoms with Crippen molar-refractivity contribution in [3.05, 3.63) is 0 Å². The molecule has 0 aromatic heterocycles. The topological polar surface area (TPSA) is 12.5 Å². The minimum absolute atomic E-state index is 0.485. The average Bonchev–Trinajstić information content (AvgIpc) is 2.20. The Labute approximate surface area is 89.6 Å². The van der Waals surface area contributed by atoms with E-state index in [0.29, 0.717) is 6.10 Å². The molecule has 0 bridgehead atoms. The Morgan fingerprint density at radius 1 is 1.36 bits per heavy atom. The van der Waals surface area contributed by atoms with Crippen LogP contribution in [0.2, 0.25) is 0 Å². The highest BCUT2D eigenvalue weighted by molar-refractivity contribution is 4.71. The van der Waals surface area contributed by atoms with Gasteiger partial charge in [0, 0.05) is 13.1 Å². The molecule has 0 amide bonds. The number of likely N-dealkylation sites (N-methyl/N-ethyl adjacent to an activating group) is 1. The van der Waals surface area contributed by atoms with E-state index in [1.165, 1.54) is 6.42 Å². The molecule has 0 aromatic rings. The van der Waals surface area contributed by atoms with Gasteiger partial charge in [-0.15, -0.1) is 0 Å². The molecule has 14 heavy (non-hydrogen) atoms. The van der Waals surface area contributed by atoms with Gasteiger partial charge in [-0.2, -0.15) is 0 Å². The van der Waals surface area contributed by atoms with Gasteiger partial charge in [0.25, 0.3) is 0 Å². The van der Waals surface area contributed by atoms with E-state index in [2.05, 4.69) is 25.7 Å². The van der Waals surface area contributed by atoms with E-state index in [9.17, 15) is 0 Å². The van der Waals surface area contributed by atoms with Crippen LogP contribution >= 0.6 is 0 Å². The summed E-state index contributed by atoms with van der Waals surface area (Å²) in [6.07, 6.45) is 1.69. The van der Waals surface area contributed by atoms with Crippen molar-refractivity contribution in [3.63, 3.8) is 0 Å². The van der Waals surface area contributed by atoms with Crippen LogP contribution in [0.15, 0.2) is 0 Å². The number of ether oxygens (including phenoxy) is 1. The van der Waals surface area contributed by atoms with Crippen molar-refractivity contribution < 1.29 is 4.74 Å². The minimum Gasteiger partial charge on any atom is -0.376 e. The lowest BCUT2D eigenvalue weighted by Crippen LogP contribution is -2.42. The van der Waals surface area contributed by atoms with E-state index in [1.54, 1.807) is 0 Å². The molecule has 2 nitrogen and oxygen atoms in total. The van der Waals surface area contributed by atoms with Crippen molar-refractivity contribution in [2.24, 2.45) is 5.92 Å². The molecule has 0 radical (unpaired) electrons. The van der Waals surface area contributed by atoms with Crippen LogP contribution in [0.1, 0.15) is 41.0 Å². The summed E-state index contributed by atoms with van der Waals surface area (Å²) in [6.45, 7) is 15.1. The molecular weight excluding hydrogens is 174 g/mol. The number of hydrogen-bond donors (Lipinski definition) is 0. The quantitative estimate of drug-likeness (QED) is 0.696. The largest absolute Gasteiger partial charge is 0.376 e. The third-order valence-corrected chi connectivity index (χ3v) is 2.40. The van der Waals surface area contributed by atoms with E-state index in [4.69, 9.17) is 4.74 Å². The van der Waals surface area contributed by atoms with Gasteiger partial charge in [-0.05, 0) is 18.9 Å². The van der Waals surface area contributed by atoms with Gasteiger partial charge in [0.2, 0.25) is 0 Å². The third-order valence-electron chi connectivity index (χ3n) is 2.40. The lowest BCUT2D eigenvalue weighted by Gasteiger charge is -2.32. The molecule has 0 N–H and O–H groups in total. The van der Waals surface area contributed by atoms with Gasteiger partial charge in [-0.25, -0.2) is 0 Å². The van der Waals surface area contributed by atoms with Gasteiger partial charge >= 0.3 is 0 Å². The lowest BCUT2D eigenvalue weighted by atomic mass is 10.0. The first-order valence-corrected chi connectivity index (χ1v) is 6.06. The molecule has 0 saturated carbocycles. The predicted molar refractivity (Wildman–Crippen MR) is 62.7 cm³/mol. The van der Waals surface area contributed by atoms with E-state index in [0.717, 1.165) is 32.2 Å². The van der Waals surface area contributed by atoms with Crippen LogP contribution in [0.5, 0.6) is 0 Å². The predicted octanol–water partition coefficient (Wildman–Crippen LogP) is 2.78. The zero-order valence-electron chi connectivity index (χ0n) is 10.5. The Kier molecular flexibility index (Phi) is 8.20. The van der Waals surface area contributed by atoms with Crippen LogP contribution in [0, 0.1) is 5.92 Å². The van der Waals surface area contributed by atoms with Crippen LogP contribution in [0.3, 0.4) is 0 Å². The first-order chi connectivity index (χ1) is 6.72. The zero-order chi connectivity index (χ0) is 11.0. The molecule has 86 valence electrons. The van der Waals surface area contributed by atoms with Crippen LogP contribution in [-0.2, 0) is 4.74 Å². The fourth-order valence-corrected chi connectivity index (χ4v) is 1.74. The third kappa shape index (κ3) is 5.61. The Bertz CT molecular complexity index is 125. The maximum Gasteiger partial charge on any atom is 0.0705 e. The molecule has 1 aliphatic heterocycles. The Morgan fingerprint density at radius 3 is 2.50 bits per heavy atom. The van der Waals surface area contributed by atoms with Crippen molar-refractivity contribution in [2.75, 3.05) is 26.2 Å². The Morgan fingerprint density at radius 2 is 2.00 bits per heavy atom. The van der Waals surface area contributed by atoms with Crippen LogP contribution in [0.25, 0.3) is 0 Å². The van der Waals surface area contributed by atoms with Crippen molar-refractivity contribution in [2.45, 2.75) is 47.1 Å². The second-order valence-electron chi connectivity index (χ2n) is 4.02. The van der Waals surface area contributed by atoms with Gasteiger partial charge in [0.05, 0.1) is 12.7 Å². The van der Waals surface area contributed by atoms with E-state index in [-0.39, 0.29) is 0 Å². The lowest BCUT2D eigenvalue weighted by molar-refractivity contribution is -0.0355. The summed E-state index contributed by atoms with van der Waals surface area (Å²) in [7, 11) is 0. The highest BCUT2D eigenvalue weighted by atomic mass is 16.5.